The maximum atomic E-state index is 12.7. The van der Waals surface area contributed by atoms with Crippen molar-refractivity contribution < 1.29 is 19.0 Å². The van der Waals surface area contributed by atoms with E-state index in [9.17, 15) is 10.1 Å². The summed E-state index contributed by atoms with van der Waals surface area (Å²) in [6, 6.07) is 12.2. The fourth-order valence-electron chi connectivity index (χ4n) is 2.88. The van der Waals surface area contributed by atoms with Crippen molar-refractivity contribution in [2.24, 2.45) is 0 Å². The summed E-state index contributed by atoms with van der Waals surface area (Å²) in [4.78, 5) is 25.5. The molecule has 0 fully saturated rings. The number of aromatic nitrogens is 3. The van der Waals surface area contributed by atoms with E-state index in [2.05, 4.69) is 21.0 Å². The van der Waals surface area contributed by atoms with Crippen LogP contribution in [0, 0.1) is 11.3 Å². The third kappa shape index (κ3) is 4.16. The third-order valence-electron chi connectivity index (χ3n) is 4.30. The van der Waals surface area contributed by atoms with Gasteiger partial charge in [0.15, 0.2) is 5.82 Å². The second-order valence-corrected chi connectivity index (χ2v) is 6.43. The van der Waals surface area contributed by atoms with Crippen molar-refractivity contribution >= 4 is 17.6 Å². The van der Waals surface area contributed by atoms with Gasteiger partial charge in [0.1, 0.15) is 5.92 Å². The Balaban J connectivity index is 2.24. The molecule has 1 unspecified atom stereocenters. The average Bonchev–Trinajstić information content (AvgIpc) is 2.79. The molecule has 0 radical (unpaired) electrons. The molecule has 0 aliphatic heterocycles. The lowest BCUT2D eigenvalue weighted by Gasteiger charge is -2.16. The number of nitriles is 1. The smallest absolute Gasteiger partial charge is 0.340 e. The van der Waals surface area contributed by atoms with Crippen LogP contribution in [0.4, 0.5) is 0 Å². The topological polar surface area (TPSA) is 107 Å². The monoisotopic (exact) mass is 424 g/mol. The van der Waals surface area contributed by atoms with Gasteiger partial charge < -0.3 is 14.2 Å². The number of hydrogen-bond donors (Lipinski definition) is 0. The lowest BCUT2D eigenvalue weighted by Crippen LogP contribution is -2.15. The highest BCUT2D eigenvalue weighted by molar-refractivity contribution is 6.30. The molecule has 1 atom stereocenters. The van der Waals surface area contributed by atoms with Crippen LogP contribution in [-0.4, -0.2) is 42.3 Å². The highest BCUT2D eigenvalue weighted by Gasteiger charge is 2.29. The average molecular weight is 425 g/mol. The number of carbonyl (C=O) groups is 1. The van der Waals surface area contributed by atoms with E-state index in [4.69, 9.17) is 25.8 Å². The minimum absolute atomic E-state index is 0.0830. The Hall–Kier alpha value is -3.70. The first-order valence-electron chi connectivity index (χ1n) is 8.72. The molecule has 0 aliphatic rings. The number of ether oxygens (including phenoxy) is 3. The van der Waals surface area contributed by atoms with Crippen molar-refractivity contribution in [3.05, 3.63) is 64.7 Å². The molecule has 0 saturated carbocycles. The van der Waals surface area contributed by atoms with Gasteiger partial charge in [0.2, 0.25) is 11.8 Å². The Kier molecular flexibility index (Phi) is 6.45. The highest BCUT2D eigenvalue weighted by Crippen LogP contribution is 2.33. The lowest BCUT2D eigenvalue weighted by molar-refractivity contribution is 0.0599. The Morgan fingerprint density at radius 2 is 1.70 bits per heavy atom. The van der Waals surface area contributed by atoms with Gasteiger partial charge in [-0.15, -0.1) is 0 Å². The van der Waals surface area contributed by atoms with Crippen molar-refractivity contribution in [1.82, 2.24) is 15.0 Å². The van der Waals surface area contributed by atoms with Gasteiger partial charge in [0.25, 0.3) is 0 Å². The summed E-state index contributed by atoms with van der Waals surface area (Å²) in [5.41, 5.74) is 1.55. The van der Waals surface area contributed by atoms with Crippen LogP contribution in [0.25, 0.3) is 11.1 Å². The molecule has 0 amide bonds. The van der Waals surface area contributed by atoms with E-state index in [1.54, 1.807) is 30.3 Å². The Morgan fingerprint density at radius 3 is 2.23 bits per heavy atom. The van der Waals surface area contributed by atoms with E-state index >= 15 is 0 Å². The van der Waals surface area contributed by atoms with E-state index in [1.807, 2.05) is 0 Å². The predicted octanol–water partition coefficient (Wildman–Crippen LogP) is 3.65. The molecule has 0 spiro atoms. The fourth-order valence-corrected chi connectivity index (χ4v) is 3.01. The molecule has 8 nitrogen and oxygen atoms in total. The van der Waals surface area contributed by atoms with Gasteiger partial charge >= 0.3 is 5.97 Å². The minimum Gasteiger partial charge on any atom is -0.481 e. The molecule has 30 heavy (non-hydrogen) atoms. The summed E-state index contributed by atoms with van der Waals surface area (Å²) in [6.45, 7) is 0. The molecule has 0 N–H and O–H groups in total. The molecule has 0 aliphatic carbocycles. The quantitative estimate of drug-likeness (QED) is 0.552. The van der Waals surface area contributed by atoms with E-state index < -0.39 is 11.9 Å². The third-order valence-corrected chi connectivity index (χ3v) is 4.55. The van der Waals surface area contributed by atoms with Crippen LogP contribution in [0.2, 0.25) is 5.02 Å². The Bertz CT molecular complexity index is 1090. The number of hydrogen-bond acceptors (Lipinski definition) is 8. The zero-order chi connectivity index (χ0) is 21.7. The maximum absolute atomic E-state index is 12.7. The predicted molar refractivity (Wildman–Crippen MR) is 109 cm³/mol. The van der Waals surface area contributed by atoms with Gasteiger partial charge in [0.05, 0.1) is 44.7 Å². The molecule has 3 rings (SSSR count). The number of nitrogens with zero attached hydrogens (tertiary/aromatic N) is 4. The fraction of sp³-hybridized carbons (Fsp3) is 0.190. The second-order valence-electron chi connectivity index (χ2n) is 5.99. The molecule has 0 bridgehead atoms. The molecule has 152 valence electrons. The van der Waals surface area contributed by atoms with Crippen molar-refractivity contribution in [2.45, 2.75) is 5.92 Å². The van der Waals surface area contributed by atoms with Crippen molar-refractivity contribution in [2.75, 3.05) is 21.3 Å². The summed E-state index contributed by atoms with van der Waals surface area (Å²) in [6.07, 6.45) is 1.51. The highest BCUT2D eigenvalue weighted by atomic mass is 35.5. The number of methoxy groups -OCH3 is 3. The molecule has 9 heteroatoms. The van der Waals surface area contributed by atoms with Crippen LogP contribution in [0.15, 0.2) is 42.6 Å². The molecule has 1 aromatic carbocycles. The Labute approximate surface area is 178 Å². The van der Waals surface area contributed by atoms with Crippen LogP contribution in [-0.2, 0) is 4.74 Å². The van der Waals surface area contributed by atoms with Crippen LogP contribution in [0.1, 0.15) is 27.8 Å². The van der Waals surface area contributed by atoms with Gasteiger partial charge in [-0.25, -0.2) is 4.79 Å². The van der Waals surface area contributed by atoms with E-state index in [1.165, 1.54) is 33.6 Å². The zero-order valence-electron chi connectivity index (χ0n) is 16.4. The number of carbonyl (C=O) groups excluding carboxylic acids is 1. The summed E-state index contributed by atoms with van der Waals surface area (Å²) in [5.74, 6) is -1.20. The normalized spacial score (nSPS) is 11.3. The van der Waals surface area contributed by atoms with Gasteiger partial charge in [0, 0.05) is 11.2 Å². The number of benzene rings is 1. The molecule has 3 aromatic rings. The first kappa shape index (κ1) is 21.0. The summed E-state index contributed by atoms with van der Waals surface area (Å²) < 4.78 is 15.3. The first-order valence-corrected chi connectivity index (χ1v) is 9.09. The van der Waals surface area contributed by atoms with Crippen molar-refractivity contribution in [3.63, 3.8) is 0 Å². The van der Waals surface area contributed by atoms with Gasteiger partial charge in [-0.3, -0.25) is 4.98 Å². The van der Waals surface area contributed by atoms with Crippen LogP contribution < -0.4 is 9.47 Å². The number of pyridine rings is 1. The van der Waals surface area contributed by atoms with Crippen molar-refractivity contribution in [3.8, 4) is 29.0 Å². The van der Waals surface area contributed by atoms with Crippen LogP contribution in [0.3, 0.4) is 0 Å². The zero-order valence-corrected chi connectivity index (χ0v) is 17.2. The first-order chi connectivity index (χ1) is 14.5. The molecule has 2 heterocycles. The van der Waals surface area contributed by atoms with E-state index in [-0.39, 0.29) is 28.8 Å². The number of halogens is 1. The molecule has 0 saturated heterocycles. The summed E-state index contributed by atoms with van der Waals surface area (Å²) in [5, 5.41) is 10.5. The maximum Gasteiger partial charge on any atom is 0.340 e. The van der Waals surface area contributed by atoms with Crippen LogP contribution in [0.5, 0.6) is 11.8 Å². The SMILES string of the molecule is COC(=O)c1c(-c2ccc(Cl)cc2)ccnc1C(C#N)c1nc(OC)cc(OC)n1. The van der Waals surface area contributed by atoms with E-state index in [0.29, 0.717) is 16.1 Å². The number of esters is 1. The van der Waals surface area contributed by atoms with Crippen LogP contribution >= 0.6 is 11.6 Å². The van der Waals surface area contributed by atoms with E-state index in [0.717, 1.165) is 0 Å². The Morgan fingerprint density at radius 1 is 1.07 bits per heavy atom. The number of rotatable bonds is 6. The minimum atomic E-state index is -1.07. The standard InChI is InChI=1S/C21H17ClN4O4/c1-28-16-10-17(29-2)26-20(25-16)15(11-23)19-18(21(27)30-3)14(8-9-24-19)12-4-6-13(22)7-5-12/h4-10,15H,1-3H3. The molecule has 2 aromatic heterocycles. The van der Waals surface area contributed by atoms with Crippen molar-refractivity contribution in [1.29, 1.82) is 5.26 Å². The second kappa shape index (κ2) is 9.20. The summed E-state index contributed by atoms with van der Waals surface area (Å²) >= 11 is 5.98. The molecular formula is C21H17ClN4O4. The van der Waals surface area contributed by atoms with Gasteiger partial charge in [-0.2, -0.15) is 15.2 Å². The summed E-state index contributed by atoms with van der Waals surface area (Å²) in [7, 11) is 4.13. The lowest BCUT2D eigenvalue weighted by atomic mass is 9.93. The van der Waals surface area contributed by atoms with Gasteiger partial charge in [-0.1, -0.05) is 23.7 Å². The molecular weight excluding hydrogens is 408 g/mol. The largest absolute Gasteiger partial charge is 0.481 e. The van der Waals surface area contributed by atoms with Gasteiger partial charge in [-0.05, 0) is 29.3 Å².